The molecule has 2 rings (SSSR count). The van der Waals surface area contributed by atoms with Crippen molar-refractivity contribution >= 4 is 49.1 Å². The molecule has 1 aromatic heterocycles. The summed E-state index contributed by atoms with van der Waals surface area (Å²) in [4.78, 5) is 12.1. The molecule has 1 fully saturated rings. The maximum atomic E-state index is 12.1. The van der Waals surface area contributed by atoms with Crippen LogP contribution in [-0.2, 0) is 0 Å². The summed E-state index contributed by atoms with van der Waals surface area (Å²) in [6.45, 7) is 0.652. The molecule has 1 aromatic rings. The third-order valence-electron chi connectivity index (χ3n) is 3.18. The zero-order valence-corrected chi connectivity index (χ0v) is 13.2. The maximum Gasteiger partial charge on any atom is 0.253 e. The van der Waals surface area contributed by atoms with Gasteiger partial charge in [-0.2, -0.15) is 0 Å². The lowest BCUT2D eigenvalue weighted by atomic mass is 10.0. The number of nitrogens with two attached hydrogens (primary N) is 1. The van der Waals surface area contributed by atoms with Crippen molar-refractivity contribution in [2.45, 2.75) is 25.3 Å². The van der Waals surface area contributed by atoms with E-state index < -0.39 is 0 Å². The summed E-state index contributed by atoms with van der Waals surface area (Å²) in [7, 11) is 0. The van der Waals surface area contributed by atoms with Crippen LogP contribution in [0.5, 0.6) is 0 Å². The molecule has 0 radical (unpaired) electrons. The number of amides is 1. The molecule has 6 heteroatoms. The largest absolute Gasteiger partial charge is 0.349 e. The van der Waals surface area contributed by atoms with Gasteiger partial charge in [0, 0.05) is 6.04 Å². The highest BCUT2D eigenvalue weighted by Crippen LogP contribution is 2.32. The van der Waals surface area contributed by atoms with Crippen LogP contribution < -0.4 is 11.1 Å². The number of thiophene rings is 1. The molecule has 1 aliphatic carbocycles. The van der Waals surface area contributed by atoms with Crippen LogP contribution in [0.25, 0.3) is 0 Å². The van der Waals surface area contributed by atoms with Crippen LogP contribution in [0.15, 0.2) is 13.6 Å². The number of halogens is 2. The van der Waals surface area contributed by atoms with Gasteiger partial charge >= 0.3 is 0 Å². The lowest BCUT2D eigenvalue weighted by Crippen LogP contribution is -2.39. The fourth-order valence-electron chi connectivity index (χ4n) is 2.25. The minimum Gasteiger partial charge on any atom is -0.349 e. The van der Waals surface area contributed by atoms with Gasteiger partial charge in [0.2, 0.25) is 0 Å². The molecule has 1 amide bonds. The van der Waals surface area contributed by atoms with Gasteiger partial charge in [-0.25, -0.2) is 0 Å². The monoisotopic (exact) mass is 380 g/mol. The molecule has 1 saturated carbocycles. The van der Waals surface area contributed by atoms with E-state index in [1.165, 1.54) is 11.3 Å². The van der Waals surface area contributed by atoms with E-state index in [-0.39, 0.29) is 11.9 Å². The average molecular weight is 382 g/mol. The van der Waals surface area contributed by atoms with Crippen molar-refractivity contribution in [1.82, 2.24) is 5.32 Å². The van der Waals surface area contributed by atoms with Gasteiger partial charge in [0.25, 0.3) is 5.91 Å². The standard InChI is InChI=1S/C11H14Br2N2OS/c12-9-4-7(10(13)17-9)11(16)15-8-3-1-2-6(8)5-14/h4,6,8H,1-3,5,14H2,(H,15,16). The Bertz CT molecular complexity index is 422. The minimum atomic E-state index is -0.0100. The van der Waals surface area contributed by atoms with Crippen LogP contribution >= 0.6 is 43.2 Å². The smallest absolute Gasteiger partial charge is 0.253 e. The van der Waals surface area contributed by atoms with Crippen molar-refractivity contribution in [2.75, 3.05) is 6.54 Å². The Kier molecular flexibility index (Phi) is 4.63. The molecule has 2 unspecified atom stereocenters. The van der Waals surface area contributed by atoms with Gasteiger partial charge in [-0.15, -0.1) is 11.3 Å². The van der Waals surface area contributed by atoms with Crippen molar-refractivity contribution in [3.63, 3.8) is 0 Å². The Morgan fingerprint density at radius 1 is 1.53 bits per heavy atom. The van der Waals surface area contributed by atoms with Gasteiger partial charge in [-0.3, -0.25) is 4.79 Å². The van der Waals surface area contributed by atoms with Crippen LogP contribution in [0.2, 0.25) is 0 Å². The van der Waals surface area contributed by atoms with Gasteiger partial charge in [0.1, 0.15) is 0 Å². The van der Waals surface area contributed by atoms with Crippen molar-refractivity contribution in [3.8, 4) is 0 Å². The fraction of sp³-hybridized carbons (Fsp3) is 0.545. The van der Waals surface area contributed by atoms with Crippen molar-refractivity contribution in [1.29, 1.82) is 0 Å². The molecule has 3 N–H and O–H groups in total. The molecular formula is C11H14Br2N2OS. The normalized spacial score (nSPS) is 23.9. The first-order valence-electron chi connectivity index (χ1n) is 5.57. The van der Waals surface area contributed by atoms with Gasteiger partial charge in [-0.05, 0) is 63.2 Å². The summed E-state index contributed by atoms with van der Waals surface area (Å²) in [5, 5.41) is 3.09. The fourth-order valence-corrected chi connectivity index (χ4v) is 5.04. The van der Waals surface area contributed by atoms with Crippen LogP contribution in [0.3, 0.4) is 0 Å². The van der Waals surface area contributed by atoms with Crippen LogP contribution in [0.1, 0.15) is 29.6 Å². The second kappa shape index (κ2) is 5.82. The molecule has 94 valence electrons. The number of carbonyl (C=O) groups excluding carboxylic acids is 1. The SMILES string of the molecule is NCC1CCCC1NC(=O)c1cc(Br)sc1Br. The van der Waals surface area contributed by atoms with E-state index in [0.29, 0.717) is 18.0 Å². The maximum absolute atomic E-state index is 12.1. The number of hydrogen-bond acceptors (Lipinski definition) is 3. The second-order valence-electron chi connectivity index (χ2n) is 4.24. The molecular weight excluding hydrogens is 368 g/mol. The number of hydrogen-bond donors (Lipinski definition) is 2. The topological polar surface area (TPSA) is 55.1 Å². The van der Waals surface area contributed by atoms with Crippen LogP contribution in [0.4, 0.5) is 0 Å². The second-order valence-corrected chi connectivity index (χ2v) is 7.99. The summed E-state index contributed by atoms with van der Waals surface area (Å²) >= 11 is 8.29. The van der Waals surface area contributed by atoms with E-state index in [0.717, 1.165) is 26.8 Å². The lowest BCUT2D eigenvalue weighted by Gasteiger charge is -2.19. The molecule has 0 aliphatic heterocycles. The Morgan fingerprint density at radius 3 is 2.88 bits per heavy atom. The predicted octanol–water partition coefficient (Wildman–Crippen LogP) is 3.13. The summed E-state index contributed by atoms with van der Waals surface area (Å²) in [6, 6.07) is 2.08. The molecule has 0 aromatic carbocycles. The Hall–Kier alpha value is 0.0900. The predicted molar refractivity (Wildman–Crippen MR) is 77.4 cm³/mol. The molecule has 1 aliphatic rings. The van der Waals surface area contributed by atoms with E-state index in [1.807, 2.05) is 6.07 Å². The highest BCUT2D eigenvalue weighted by atomic mass is 79.9. The van der Waals surface area contributed by atoms with Crippen molar-refractivity contribution < 1.29 is 4.79 Å². The van der Waals surface area contributed by atoms with E-state index >= 15 is 0 Å². The summed E-state index contributed by atoms with van der Waals surface area (Å²) in [6.07, 6.45) is 3.31. The number of carbonyl (C=O) groups is 1. The highest BCUT2D eigenvalue weighted by molar-refractivity contribution is 9.12. The first-order valence-corrected chi connectivity index (χ1v) is 7.98. The van der Waals surface area contributed by atoms with Gasteiger partial charge in [-0.1, -0.05) is 6.42 Å². The van der Waals surface area contributed by atoms with E-state index in [9.17, 15) is 4.79 Å². The average Bonchev–Trinajstić information content (AvgIpc) is 2.84. The van der Waals surface area contributed by atoms with Gasteiger partial charge in [0.05, 0.1) is 13.1 Å². The molecule has 3 nitrogen and oxygen atoms in total. The van der Waals surface area contributed by atoms with E-state index in [2.05, 4.69) is 37.2 Å². The Balaban J connectivity index is 2.04. The molecule has 17 heavy (non-hydrogen) atoms. The third kappa shape index (κ3) is 3.10. The minimum absolute atomic E-state index is 0.0100. The third-order valence-corrected chi connectivity index (χ3v) is 5.52. The molecule has 0 saturated heterocycles. The molecule has 0 bridgehead atoms. The van der Waals surface area contributed by atoms with E-state index in [4.69, 9.17) is 5.73 Å². The van der Waals surface area contributed by atoms with Gasteiger partial charge in [0.15, 0.2) is 0 Å². The first-order chi connectivity index (χ1) is 8.11. The molecule has 1 heterocycles. The Labute approximate surface area is 121 Å². The highest BCUT2D eigenvalue weighted by Gasteiger charge is 2.28. The quantitative estimate of drug-likeness (QED) is 0.844. The lowest BCUT2D eigenvalue weighted by molar-refractivity contribution is 0.0928. The zero-order valence-electron chi connectivity index (χ0n) is 9.21. The Morgan fingerprint density at radius 2 is 2.29 bits per heavy atom. The number of nitrogens with one attached hydrogen (secondary N) is 1. The molecule has 2 atom stereocenters. The van der Waals surface area contributed by atoms with Gasteiger partial charge < -0.3 is 11.1 Å². The summed E-state index contributed by atoms with van der Waals surface area (Å²) in [5.41, 5.74) is 6.41. The summed E-state index contributed by atoms with van der Waals surface area (Å²) in [5.74, 6) is 0.420. The number of rotatable bonds is 3. The molecule has 0 spiro atoms. The van der Waals surface area contributed by atoms with E-state index in [1.54, 1.807) is 0 Å². The van der Waals surface area contributed by atoms with Crippen LogP contribution in [-0.4, -0.2) is 18.5 Å². The summed E-state index contributed by atoms with van der Waals surface area (Å²) < 4.78 is 1.82. The first kappa shape index (κ1) is 13.5. The van der Waals surface area contributed by atoms with Crippen molar-refractivity contribution in [3.05, 3.63) is 19.2 Å². The van der Waals surface area contributed by atoms with Crippen LogP contribution in [0, 0.1) is 5.92 Å². The van der Waals surface area contributed by atoms with Crippen molar-refractivity contribution in [2.24, 2.45) is 11.7 Å². The zero-order chi connectivity index (χ0) is 12.4.